The largest absolute Gasteiger partial charge is 0.416 e. The number of hydrogen-bond acceptors (Lipinski definition) is 8. The van der Waals surface area contributed by atoms with Crippen molar-refractivity contribution in [2.45, 2.75) is 12.6 Å². The number of carbonyl (C=O) groups is 1. The average molecular weight is 270 g/mol. The summed E-state index contributed by atoms with van der Waals surface area (Å²) < 4.78 is 4.63. The first-order chi connectivity index (χ1) is 8.64. The zero-order valence-electron chi connectivity index (χ0n) is 9.73. The van der Waals surface area contributed by atoms with Gasteiger partial charge in [-0.15, -0.1) is 0 Å². The van der Waals surface area contributed by atoms with Gasteiger partial charge in [-0.25, -0.2) is 4.79 Å². The summed E-state index contributed by atoms with van der Waals surface area (Å²) >= 11 is 0. The Kier molecular flexibility index (Phi) is 3.77. The van der Waals surface area contributed by atoms with Crippen LogP contribution in [0.15, 0.2) is 18.2 Å². The first kappa shape index (κ1) is 14.5. The average Bonchev–Trinajstić information content (AvgIpc) is 2.26. The van der Waals surface area contributed by atoms with Gasteiger partial charge in [0, 0.05) is 6.07 Å². The number of nitrogens with two attached hydrogens (primary N) is 2. The van der Waals surface area contributed by atoms with E-state index in [-0.39, 0.29) is 0 Å². The Morgan fingerprint density at radius 1 is 1.26 bits per heavy atom. The van der Waals surface area contributed by atoms with Gasteiger partial charge in [0.2, 0.25) is 5.75 Å². The summed E-state index contributed by atoms with van der Waals surface area (Å²) in [5, 5.41) is 21.5. The summed E-state index contributed by atoms with van der Waals surface area (Å²) in [6.07, 6.45) is 0. The molecule has 0 aromatic heterocycles. The minimum absolute atomic E-state index is 0.591. The summed E-state index contributed by atoms with van der Waals surface area (Å²) in [5.41, 5.74) is 6.88. The molecule has 10 heteroatoms. The second-order valence-electron chi connectivity index (χ2n) is 3.81. The van der Waals surface area contributed by atoms with E-state index in [0.717, 1.165) is 25.1 Å². The molecule has 0 aliphatic carbocycles. The smallest absolute Gasteiger partial charge is 0.388 e. The van der Waals surface area contributed by atoms with Crippen molar-refractivity contribution in [1.82, 2.24) is 0 Å². The fourth-order valence-electron chi connectivity index (χ4n) is 1.13. The molecule has 0 amide bonds. The number of benzene rings is 1. The molecule has 0 fully saturated rings. The lowest BCUT2D eigenvalue weighted by Crippen LogP contribution is -2.55. The number of carbonyl (C=O) groups excluding carboxylic acids is 1. The quantitative estimate of drug-likeness (QED) is 0.254. The lowest BCUT2D eigenvalue weighted by molar-refractivity contribution is -0.423. The van der Waals surface area contributed by atoms with Gasteiger partial charge in [0.1, 0.15) is 0 Å². The molecule has 10 nitrogen and oxygen atoms in total. The molecule has 0 unspecified atom stereocenters. The molecule has 102 valence electrons. The molecule has 1 aromatic carbocycles. The highest BCUT2D eigenvalue weighted by atomic mass is 16.6. The predicted octanol–water partition coefficient (Wildman–Crippen LogP) is 0.0420. The number of rotatable bonds is 4. The van der Waals surface area contributed by atoms with Crippen molar-refractivity contribution in [3.63, 3.8) is 0 Å². The van der Waals surface area contributed by atoms with E-state index in [0.29, 0.717) is 0 Å². The first-order valence-corrected chi connectivity index (χ1v) is 4.86. The highest BCUT2D eigenvalue weighted by Gasteiger charge is 2.33. The van der Waals surface area contributed by atoms with Gasteiger partial charge in [0.15, 0.2) is 5.66 Å². The van der Waals surface area contributed by atoms with E-state index in [9.17, 15) is 25.0 Å². The molecule has 0 saturated heterocycles. The van der Waals surface area contributed by atoms with E-state index in [2.05, 4.69) is 4.74 Å². The Labute approximate surface area is 106 Å². The number of esters is 1. The van der Waals surface area contributed by atoms with Crippen molar-refractivity contribution in [3.05, 3.63) is 38.4 Å². The Morgan fingerprint density at radius 2 is 1.84 bits per heavy atom. The SMILES string of the molecule is CC(N)(N)C(=O)Oc1cccc([N+](=O)[O-])c1[N+](=O)[O-]. The Hall–Kier alpha value is -2.59. The number of ether oxygens (including phenoxy) is 1. The molecule has 0 aliphatic heterocycles. The van der Waals surface area contributed by atoms with Crippen LogP contribution in [0.2, 0.25) is 0 Å². The molecule has 1 aromatic rings. The molecule has 0 saturated carbocycles. The Balaban J connectivity index is 3.29. The summed E-state index contributed by atoms with van der Waals surface area (Å²) in [4.78, 5) is 30.9. The molecule has 1 rings (SSSR count). The van der Waals surface area contributed by atoms with Crippen molar-refractivity contribution >= 4 is 17.3 Å². The van der Waals surface area contributed by atoms with Gasteiger partial charge in [-0.2, -0.15) is 0 Å². The maximum absolute atomic E-state index is 11.4. The van der Waals surface area contributed by atoms with Crippen molar-refractivity contribution in [3.8, 4) is 5.75 Å². The maximum atomic E-state index is 11.4. The molecular formula is C9H10N4O6. The van der Waals surface area contributed by atoms with Crippen LogP contribution < -0.4 is 16.2 Å². The van der Waals surface area contributed by atoms with Gasteiger partial charge in [-0.3, -0.25) is 20.2 Å². The van der Waals surface area contributed by atoms with Crippen LogP contribution in [0.4, 0.5) is 11.4 Å². The fraction of sp³-hybridized carbons (Fsp3) is 0.222. The number of nitrogens with zero attached hydrogens (tertiary/aromatic N) is 2. The molecule has 4 N–H and O–H groups in total. The van der Waals surface area contributed by atoms with E-state index < -0.39 is 38.6 Å². The van der Waals surface area contributed by atoms with Gasteiger partial charge < -0.3 is 16.2 Å². The normalized spacial score (nSPS) is 10.9. The van der Waals surface area contributed by atoms with Crippen LogP contribution in [0.3, 0.4) is 0 Å². The number of nitro benzene ring substituents is 2. The van der Waals surface area contributed by atoms with Crippen LogP contribution in [-0.4, -0.2) is 21.5 Å². The lowest BCUT2D eigenvalue weighted by atomic mass is 10.2. The molecular weight excluding hydrogens is 260 g/mol. The van der Waals surface area contributed by atoms with Gasteiger partial charge >= 0.3 is 17.3 Å². The molecule has 0 atom stereocenters. The molecule has 0 spiro atoms. The van der Waals surface area contributed by atoms with E-state index in [1.54, 1.807) is 0 Å². The topological polar surface area (TPSA) is 165 Å². The lowest BCUT2D eigenvalue weighted by Gasteiger charge is -2.16. The molecule has 0 radical (unpaired) electrons. The van der Waals surface area contributed by atoms with Crippen LogP contribution in [0.25, 0.3) is 0 Å². The van der Waals surface area contributed by atoms with Crippen molar-refractivity contribution in [2.24, 2.45) is 11.5 Å². The molecule has 0 aliphatic rings. The van der Waals surface area contributed by atoms with Gasteiger partial charge in [-0.05, 0) is 13.0 Å². The molecule has 0 heterocycles. The van der Waals surface area contributed by atoms with Crippen molar-refractivity contribution in [1.29, 1.82) is 0 Å². The Bertz CT molecular complexity index is 550. The predicted molar refractivity (Wildman–Crippen MR) is 62.2 cm³/mol. The van der Waals surface area contributed by atoms with Gasteiger partial charge in [0.05, 0.1) is 9.85 Å². The number of hydrogen-bond donors (Lipinski definition) is 2. The summed E-state index contributed by atoms with van der Waals surface area (Å²) in [6, 6.07) is 3.09. The Morgan fingerprint density at radius 3 is 2.26 bits per heavy atom. The zero-order chi connectivity index (χ0) is 14.8. The second-order valence-corrected chi connectivity index (χ2v) is 3.81. The van der Waals surface area contributed by atoms with E-state index >= 15 is 0 Å². The van der Waals surface area contributed by atoms with Crippen molar-refractivity contribution < 1.29 is 19.4 Å². The van der Waals surface area contributed by atoms with Crippen LogP contribution in [-0.2, 0) is 4.79 Å². The van der Waals surface area contributed by atoms with Crippen LogP contribution in [0.5, 0.6) is 5.75 Å². The number of nitro groups is 2. The van der Waals surface area contributed by atoms with E-state index in [4.69, 9.17) is 11.5 Å². The van der Waals surface area contributed by atoms with Gasteiger partial charge in [-0.1, -0.05) is 6.07 Å². The monoisotopic (exact) mass is 270 g/mol. The third-order valence-electron chi connectivity index (χ3n) is 2.00. The zero-order valence-corrected chi connectivity index (χ0v) is 9.73. The van der Waals surface area contributed by atoms with Crippen LogP contribution in [0.1, 0.15) is 6.92 Å². The van der Waals surface area contributed by atoms with Crippen LogP contribution >= 0.6 is 0 Å². The third-order valence-corrected chi connectivity index (χ3v) is 2.00. The van der Waals surface area contributed by atoms with Crippen molar-refractivity contribution in [2.75, 3.05) is 0 Å². The van der Waals surface area contributed by atoms with Crippen LogP contribution in [0, 0.1) is 20.2 Å². The summed E-state index contributed by atoms with van der Waals surface area (Å²) in [6.45, 7) is 1.12. The minimum atomic E-state index is -1.88. The van der Waals surface area contributed by atoms with E-state index in [1.807, 2.05) is 0 Å². The summed E-state index contributed by atoms with van der Waals surface area (Å²) in [5.74, 6) is -1.75. The second kappa shape index (κ2) is 4.96. The standard InChI is InChI=1S/C9H10N4O6/c1-9(10,11)8(14)19-6-4-2-3-5(12(15)16)7(6)13(17)18/h2-4H,10-11H2,1H3. The molecule has 19 heavy (non-hydrogen) atoms. The van der Waals surface area contributed by atoms with E-state index in [1.165, 1.54) is 0 Å². The minimum Gasteiger partial charge on any atom is -0.416 e. The highest BCUT2D eigenvalue weighted by molar-refractivity contribution is 5.82. The fourth-order valence-corrected chi connectivity index (χ4v) is 1.13. The van der Waals surface area contributed by atoms with Gasteiger partial charge in [0.25, 0.3) is 0 Å². The maximum Gasteiger partial charge on any atom is 0.388 e. The summed E-state index contributed by atoms with van der Waals surface area (Å²) in [7, 11) is 0. The molecule has 0 bridgehead atoms. The highest BCUT2D eigenvalue weighted by Crippen LogP contribution is 2.36. The first-order valence-electron chi connectivity index (χ1n) is 4.86. The number of para-hydroxylation sites is 1. The third kappa shape index (κ3) is 3.20.